The summed E-state index contributed by atoms with van der Waals surface area (Å²) in [7, 11) is 0. The van der Waals surface area contributed by atoms with Gasteiger partial charge in [0, 0.05) is 24.7 Å². The molecular formula is C24H33N7O6S. The van der Waals surface area contributed by atoms with Crippen LogP contribution in [0.4, 0.5) is 0 Å². The van der Waals surface area contributed by atoms with Crippen molar-refractivity contribution in [2.45, 2.75) is 49.9 Å². The van der Waals surface area contributed by atoms with Gasteiger partial charge in [-0.05, 0) is 24.0 Å². The molecule has 2 rings (SSSR count). The van der Waals surface area contributed by atoms with Gasteiger partial charge < -0.3 is 37.5 Å². The number of hydrogen-bond acceptors (Lipinski definition) is 8. The van der Waals surface area contributed by atoms with Crippen LogP contribution in [0.5, 0.6) is 0 Å². The van der Waals surface area contributed by atoms with Gasteiger partial charge in [-0.2, -0.15) is 11.8 Å². The zero-order valence-electron chi connectivity index (χ0n) is 20.9. The van der Waals surface area contributed by atoms with Crippen molar-refractivity contribution in [3.8, 4) is 0 Å². The Balaban J connectivity index is 2.18. The summed E-state index contributed by atoms with van der Waals surface area (Å²) < 4.78 is 0. The van der Waals surface area contributed by atoms with E-state index in [1.807, 2.05) is 6.26 Å². The number of aromatic nitrogens is 2. The number of carbonyl (C=O) groups is 5. The summed E-state index contributed by atoms with van der Waals surface area (Å²) in [5.74, 6) is -3.84. The van der Waals surface area contributed by atoms with Gasteiger partial charge in [0.2, 0.25) is 23.6 Å². The summed E-state index contributed by atoms with van der Waals surface area (Å²) >= 11 is 1.47. The van der Waals surface area contributed by atoms with E-state index in [1.54, 1.807) is 36.5 Å². The Morgan fingerprint density at radius 2 is 1.61 bits per heavy atom. The Hall–Kier alpha value is -3.91. The Morgan fingerprint density at radius 3 is 2.18 bits per heavy atom. The molecular weight excluding hydrogens is 514 g/mol. The van der Waals surface area contributed by atoms with Crippen molar-refractivity contribution in [3.63, 3.8) is 0 Å². The third-order valence-electron chi connectivity index (χ3n) is 5.51. The molecule has 4 atom stereocenters. The van der Waals surface area contributed by atoms with Crippen molar-refractivity contribution in [2.75, 3.05) is 12.0 Å². The number of aliphatic carboxylic acids is 1. The van der Waals surface area contributed by atoms with Crippen LogP contribution in [0.15, 0.2) is 42.9 Å². The zero-order chi connectivity index (χ0) is 28.1. The number of nitrogens with two attached hydrogens (primary N) is 2. The number of thioether (sulfide) groups is 1. The quantitative estimate of drug-likeness (QED) is 0.132. The molecule has 14 heteroatoms. The number of carboxylic acid groups (broad SMARTS) is 1. The smallest absolute Gasteiger partial charge is 0.326 e. The van der Waals surface area contributed by atoms with Gasteiger partial charge in [0.25, 0.3) is 0 Å². The van der Waals surface area contributed by atoms with Gasteiger partial charge in [-0.3, -0.25) is 19.2 Å². The number of carboxylic acids is 1. The van der Waals surface area contributed by atoms with E-state index in [-0.39, 0.29) is 19.3 Å². The van der Waals surface area contributed by atoms with Gasteiger partial charge in [0.1, 0.15) is 18.1 Å². The van der Waals surface area contributed by atoms with E-state index in [9.17, 15) is 29.1 Å². The number of hydrogen-bond donors (Lipinski definition) is 7. The number of nitrogens with zero attached hydrogens (tertiary/aromatic N) is 1. The van der Waals surface area contributed by atoms with Crippen molar-refractivity contribution in [1.29, 1.82) is 0 Å². The Labute approximate surface area is 223 Å². The molecule has 13 nitrogen and oxygen atoms in total. The Morgan fingerprint density at radius 1 is 0.974 bits per heavy atom. The van der Waals surface area contributed by atoms with Crippen molar-refractivity contribution in [2.24, 2.45) is 11.5 Å². The number of nitrogens with one attached hydrogen (secondary N) is 4. The predicted octanol–water partition coefficient (Wildman–Crippen LogP) is -1.31. The van der Waals surface area contributed by atoms with E-state index >= 15 is 0 Å². The molecule has 0 aliphatic carbocycles. The van der Waals surface area contributed by atoms with Crippen LogP contribution in [0.25, 0.3) is 0 Å². The monoisotopic (exact) mass is 547 g/mol. The predicted molar refractivity (Wildman–Crippen MR) is 141 cm³/mol. The third-order valence-corrected chi connectivity index (χ3v) is 6.15. The first-order chi connectivity index (χ1) is 18.1. The fourth-order valence-electron chi connectivity index (χ4n) is 3.51. The molecule has 1 aromatic heterocycles. The number of imidazole rings is 1. The van der Waals surface area contributed by atoms with Gasteiger partial charge in [0.15, 0.2) is 0 Å². The van der Waals surface area contributed by atoms with Crippen LogP contribution >= 0.6 is 11.8 Å². The summed E-state index contributed by atoms with van der Waals surface area (Å²) in [5, 5.41) is 16.9. The Kier molecular flexibility index (Phi) is 12.3. The minimum Gasteiger partial charge on any atom is -0.480 e. The standard InChI is InChI=1S/C24H33N7O6S/c1-38-8-7-17(29-21(33)16(25)10-15-12-27-13-28-15)22(34)30-18(9-14-5-3-2-4-6-14)23(35)31-19(24(36)37)11-20(26)32/h2-6,12-13,16-19H,7-11,25H2,1H3,(H2,26,32)(H,27,28)(H,29,33)(H,30,34)(H,31,35)(H,36,37). The summed E-state index contributed by atoms with van der Waals surface area (Å²) in [4.78, 5) is 68.6. The van der Waals surface area contributed by atoms with E-state index in [1.165, 1.54) is 18.1 Å². The van der Waals surface area contributed by atoms with Crippen molar-refractivity contribution in [1.82, 2.24) is 25.9 Å². The molecule has 1 aromatic carbocycles. The van der Waals surface area contributed by atoms with Crippen LogP contribution in [0.1, 0.15) is 24.1 Å². The molecule has 4 unspecified atom stereocenters. The summed E-state index contributed by atoms with van der Waals surface area (Å²) in [5.41, 5.74) is 12.5. The lowest BCUT2D eigenvalue weighted by Gasteiger charge is -2.25. The first-order valence-electron chi connectivity index (χ1n) is 11.8. The number of rotatable bonds is 16. The number of benzene rings is 1. The highest BCUT2D eigenvalue weighted by molar-refractivity contribution is 7.98. The van der Waals surface area contributed by atoms with Gasteiger partial charge in [-0.1, -0.05) is 30.3 Å². The largest absolute Gasteiger partial charge is 0.480 e. The lowest BCUT2D eigenvalue weighted by molar-refractivity contribution is -0.143. The zero-order valence-corrected chi connectivity index (χ0v) is 21.7. The minimum absolute atomic E-state index is 0.0316. The SMILES string of the molecule is CSCCC(NC(=O)C(N)Cc1cnc[nH]1)C(=O)NC(Cc1ccccc1)C(=O)NC(CC(N)=O)C(=O)O. The van der Waals surface area contributed by atoms with E-state index in [0.29, 0.717) is 17.0 Å². The van der Waals surface area contributed by atoms with Crippen molar-refractivity contribution < 1.29 is 29.1 Å². The number of primary amides is 1. The highest BCUT2D eigenvalue weighted by Gasteiger charge is 2.31. The van der Waals surface area contributed by atoms with Gasteiger partial charge in [-0.25, -0.2) is 9.78 Å². The molecule has 0 saturated carbocycles. The summed E-state index contributed by atoms with van der Waals surface area (Å²) in [6.07, 6.45) is 4.70. The van der Waals surface area contributed by atoms with Crippen molar-refractivity contribution in [3.05, 3.63) is 54.1 Å². The average molecular weight is 548 g/mol. The fourth-order valence-corrected chi connectivity index (χ4v) is 3.99. The maximum Gasteiger partial charge on any atom is 0.326 e. The van der Waals surface area contributed by atoms with E-state index < -0.39 is 60.2 Å². The molecule has 0 aliphatic rings. The molecule has 1 heterocycles. The number of H-pyrrole nitrogens is 1. The topological polar surface area (TPSA) is 222 Å². The van der Waals surface area contributed by atoms with Gasteiger partial charge in [0.05, 0.1) is 18.8 Å². The van der Waals surface area contributed by atoms with Crippen LogP contribution in [-0.4, -0.2) is 80.8 Å². The number of carbonyl (C=O) groups excluding carboxylic acids is 4. The van der Waals surface area contributed by atoms with E-state index in [4.69, 9.17) is 11.5 Å². The summed E-state index contributed by atoms with van der Waals surface area (Å²) in [6.45, 7) is 0. The van der Waals surface area contributed by atoms with Crippen LogP contribution in [0.3, 0.4) is 0 Å². The molecule has 0 fully saturated rings. The average Bonchev–Trinajstić information content (AvgIpc) is 3.38. The molecule has 38 heavy (non-hydrogen) atoms. The van der Waals surface area contributed by atoms with Gasteiger partial charge >= 0.3 is 5.97 Å². The van der Waals surface area contributed by atoms with E-state index in [2.05, 4.69) is 25.9 Å². The highest BCUT2D eigenvalue weighted by atomic mass is 32.2. The van der Waals surface area contributed by atoms with Crippen LogP contribution in [0, 0.1) is 0 Å². The molecule has 0 radical (unpaired) electrons. The second-order valence-corrected chi connectivity index (χ2v) is 9.54. The minimum atomic E-state index is -1.57. The van der Waals surface area contributed by atoms with Crippen LogP contribution in [-0.2, 0) is 36.8 Å². The highest BCUT2D eigenvalue weighted by Crippen LogP contribution is 2.08. The Bertz CT molecular complexity index is 1080. The normalized spacial score (nSPS) is 13.9. The molecule has 206 valence electrons. The second kappa shape index (κ2) is 15.4. The van der Waals surface area contributed by atoms with E-state index in [0.717, 1.165) is 0 Å². The summed E-state index contributed by atoms with van der Waals surface area (Å²) in [6, 6.07) is 4.05. The molecule has 0 aliphatic heterocycles. The lowest BCUT2D eigenvalue weighted by atomic mass is 10.0. The molecule has 0 bridgehead atoms. The molecule has 2 aromatic rings. The maximum atomic E-state index is 13.3. The fraction of sp³-hybridized carbons (Fsp3) is 0.417. The molecule has 0 saturated heterocycles. The number of aromatic amines is 1. The maximum absolute atomic E-state index is 13.3. The van der Waals surface area contributed by atoms with Crippen molar-refractivity contribution >= 4 is 41.4 Å². The number of amides is 4. The van der Waals surface area contributed by atoms with Gasteiger partial charge in [-0.15, -0.1) is 0 Å². The molecule has 0 spiro atoms. The molecule has 4 amide bonds. The lowest BCUT2D eigenvalue weighted by Crippen LogP contribution is -2.58. The molecule has 9 N–H and O–H groups in total. The second-order valence-electron chi connectivity index (χ2n) is 8.55. The first-order valence-corrected chi connectivity index (χ1v) is 13.2. The first kappa shape index (κ1) is 30.3. The third kappa shape index (κ3) is 10.2. The van der Waals surface area contributed by atoms with Crippen LogP contribution in [0.2, 0.25) is 0 Å². The van der Waals surface area contributed by atoms with Crippen LogP contribution < -0.4 is 27.4 Å².